The number of methoxy groups -OCH3 is 1. The molecule has 0 radical (unpaired) electrons. The van der Waals surface area contributed by atoms with Crippen molar-refractivity contribution in [2.45, 2.75) is 12.8 Å². The molecule has 2 rings (SSSR count). The van der Waals surface area contributed by atoms with Crippen LogP contribution >= 0.6 is 0 Å². The van der Waals surface area contributed by atoms with Gasteiger partial charge in [-0.2, -0.15) is 0 Å². The molecule has 5 nitrogen and oxygen atoms in total. The van der Waals surface area contributed by atoms with Crippen LogP contribution < -0.4 is 15.8 Å². The van der Waals surface area contributed by atoms with Crippen molar-refractivity contribution in [3.63, 3.8) is 0 Å². The SMILES string of the molecule is COCCOc1cccc(NC(=O)CCc2ccccc2N)c1. The van der Waals surface area contributed by atoms with E-state index in [2.05, 4.69) is 5.32 Å². The number of hydrogen-bond acceptors (Lipinski definition) is 4. The summed E-state index contributed by atoms with van der Waals surface area (Å²) in [6.07, 6.45) is 0.992. The molecule has 0 aliphatic carbocycles. The average Bonchev–Trinajstić information content (AvgIpc) is 2.55. The zero-order valence-electron chi connectivity index (χ0n) is 13.2. The molecule has 2 aromatic rings. The standard InChI is InChI=1S/C18H22N2O3/c1-22-11-12-23-16-7-4-6-15(13-16)20-18(21)10-9-14-5-2-3-8-17(14)19/h2-8,13H,9-12,19H2,1H3,(H,20,21). The van der Waals surface area contributed by atoms with Gasteiger partial charge in [-0.05, 0) is 30.2 Å². The number of nitrogens with two attached hydrogens (primary N) is 1. The number of aryl methyl sites for hydroxylation is 1. The highest BCUT2D eigenvalue weighted by atomic mass is 16.5. The van der Waals surface area contributed by atoms with Crippen LogP contribution in [0.2, 0.25) is 0 Å². The van der Waals surface area contributed by atoms with E-state index < -0.39 is 0 Å². The van der Waals surface area contributed by atoms with E-state index in [0.29, 0.717) is 43.2 Å². The quantitative estimate of drug-likeness (QED) is 0.580. The summed E-state index contributed by atoms with van der Waals surface area (Å²) >= 11 is 0. The van der Waals surface area contributed by atoms with E-state index in [0.717, 1.165) is 5.56 Å². The van der Waals surface area contributed by atoms with Crippen molar-refractivity contribution in [1.29, 1.82) is 0 Å². The molecule has 0 aliphatic rings. The van der Waals surface area contributed by atoms with Gasteiger partial charge in [-0.15, -0.1) is 0 Å². The zero-order valence-corrected chi connectivity index (χ0v) is 13.2. The summed E-state index contributed by atoms with van der Waals surface area (Å²) in [6.45, 7) is 0.996. The first kappa shape index (κ1) is 16.8. The van der Waals surface area contributed by atoms with Crippen molar-refractivity contribution in [3.05, 3.63) is 54.1 Å². The van der Waals surface area contributed by atoms with Crippen LogP contribution in [0.4, 0.5) is 11.4 Å². The van der Waals surface area contributed by atoms with E-state index in [1.807, 2.05) is 42.5 Å². The number of carbonyl (C=O) groups is 1. The number of nitrogen functional groups attached to an aromatic ring is 1. The Morgan fingerprint density at radius 2 is 1.96 bits per heavy atom. The second kappa shape index (κ2) is 8.80. The van der Waals surface area contributed by atoms with Gasteiger partial charge in [-0.3, -0.25) is 4.79 Å². The van der Waals surface area contributed by atoms with Gasteiger partial charge in [0.1, 0.15) is 12.4 Å². The lowest BCUT2D eigenvalue weighted by molar-refractivity contribution is -0.116. The molecule has 0 saturated carbocycles. The summed E-state index contributed by atoms with van der Waals surface area (Å²) in [6, 6.07) is 14.9. The number of hydrogen-bond donors (Lipinski definition) is 2. The fraction of sp³-hybridized carbons (Fsp3) is 0.278. The van der Waals surface area contributed by atoms with Gasteiger partial charge in [0.15, 0.2) is 0 Å². The molecule has 0 aromatic heterocycles. The van der Waals surface area contributed by atoms with Crippen LogP contribution in [0, 0.1) is 0 Å². The molecule has 0 fully saturated rings. The van der Waals surface area contributed by atoms with E-state index in [9.17, 15) is 4.79 Å². The Kier molecular flexibility index (Phi) is 6.44. The number of anilines is 2. The maximum Gasteiger partial charge on any atom is 0.224 e. The highest BCUT2D eigenvalue weighted by Crippen LogP contribution is 2.18. The van der Waals surface area contributed by atoms with Crippen molar-refractivity contribution < 1.29 is 14.3 Å². The summed E-state index contributed by atoms with van der Waals surface area (Å²) in [4.78, 5) is 12.1. The first-order valence-corrected chi connectivity index (χ1v) is 7.54. The van der Waals surface area contributed by atoms with Gasteiger partial charge >= 0.3 is 0 Å². The second-order valence-corrected chi connectivity index (χ2v) is 5.12. The number of para-hydroxylation sites is 1. The zero-order chi connectivity index (χ0) is 16.5. The smallest absolute Gasteiger partial charge is 0.224 e. The molecule has 5 heteroatoms. The number of rotatable bonds is 8. The van der Waals surface area contributed by atoms with Gasteiger partial charge < -0.3 is 20.5 Å². The molecule has 0 spiro atoms. The minimum absolute atomic E-state index is 0.0534. The molecule has 0 aliphatic heterocycles. The third-order valence-electron chi connectivity index (χ3n) is 3.35. The molecule has 0 bridgehead atoms. The van der Waals surface area contributed by atoms with Crippen molar-refractivity contribution in [1.82, 2.24) is 0 Å². The minimum atomic E-state index is -0.0534. The number of nitrogens with one attached hydrogen (secondary N) is 1. The molecule has 0 saturated heterocycles. The predicted octanol–water partition coefficient (Wildman–Crippen LogP) is 2.87. The third-order valence-corrected chi connectivity index (χ3v) is 3.35. The lowest BCUT2D eigenvalue weighted by atomic mass is 10.1. The van der Waals surface area contributed by atoms with Crippen molar-refractivity contribution in [2.24, 2.45) is 0 Å². The Morgan fingerprint density at radius 3 is 2.74 bits per heavy atom. The molecule has 0 atom stereocenters. The Morgan fingerprint density at radius 1 is 1.13 bits per heavy atom. The van der Waals surface area contributed by atoms with Gasteiger partial charge in [0.2, 0.25) is 5.91 Å². The number of carbonyl (C=O) groups excluding carboxylic acids is 1. The molecule has 23 heavy (non-hydrogen) atoms. The molecule has 0 unspecified atom stereocenters. The van der Waals surface area contributed by atoms with E-state index in [1.54, 1.807) is 13.2 Å². The van der Waals surface area contributed by atoms with Gasteiger partial charge in [0, 0.05) is 31.0 Å². The van der Waals surface area contributed by atoms with E-state index in [-0.39, 0.29) is 5.91 Å². The monoisotopic (exact) mass is 314 g/mol. The Labute approximate surface area is 136 Å². The highest BCUT2D eigenvalue weighted by molar-refractivity contribution is 5.91. The Hall–Kier alpha value is -2.53. The maximum absolute atomic E-state index is 12.1. The minimum Gasteiger partial charge on any atom is -0.491 e. The van der Waals surface area contributed by atoms with Gasteiger partial charge in [0.25, 0.3) is 0 Å². The summed E-state index contributed by atoms with van der Waals surface area (Å²) in [5.41, 5.74) is 8.29. The number of ether oxygens (including phenoxy) is 2. The summed E-state index contributed by atoms with van der Waals surface area (Å²) in [5.74, 6) is 0.648. The lowest BCUT2D eigenvalue weighted by Crippen LogP contribution is -2.13. The van der Waals surface area contributed by atoms with Gasteiger partial charge in [-0.1, -0.05) is 24.3 Å². The largest absolute Gasteiger partial charge is 0.491 e. The second-order valence-electron chi connectivity index (χ2n) is 5.12. The van der Waals surface area contributed by atoms with E-state index in [1.165, 1.54) is 0 Å². The predicted molar refractivity (Wildman–Crippen MR) is 91.6 cm³/mol. The molecule has 3 N–H and O–H groups in total. The summed E-state index contributed by atoms with van der Waals surface area (Å²) < 4.78 is 10.5. The van der Waals surface area contributed by atoms with Crippen LogP contribution in [0.15, 0.2) is 48.5 Å². The lowest BCUT2D eigenvalue weighted by Gasteiger charge is -2.09. The molecule has 122 valence electrons. The topological polar surface area (TPSA) is 73.6 Å². The highest BCUT2D eigenvalue weighted by Gasteiger charge is 2.06. The van der Waals surface area contributed by atoms with Crippen molar-refractivity contribution in [3.8, 4) is 5.75 Å². The molecule has 0 heterocycles. The fourth-order valence-corrected chi connectivity index (χ4v) is 2.14. The molecule has 2 aromatic carbocycles. The van der Waals surface area contributed by atoms with Crippen molar-refractivity contribution in [2.75, 3.05) is 31.4 Å². The van der Waals surface area contributed by atoms with Crippen LogP contribution in [-0.4, -0.2) is 26.2 Å². The van der Waals surface area contributed by atoms with Crippen LogP contribution in [-0.2, 0) is 16.0 Å². The number of amides is 1. The Bertz CT molecular complexity index is 644. The first-order chi connectivity index (χ1) is 11.2. The van der Waals surface area contributed by atoms with Crippen molar-refractivity contribution >= 4 is 17.3 Å². The van der Waals surface area contributed by atoms with Crippen LogP contribution in [0.3, 0.4) is 0 Å². The average molecular weight is 314 g/mol. The van der Waals surface area contributed by atoms with Crippen LogP contribution in [0.1, 0.15) is 12.0 Å². The molecular weight excluding hydrogens is 292 g/mol. The molecular formula is C18H22N2O3. The third kappa shape index (κ3) is 5.64. The maximum atomic E-state index is 12.1. The van der Waals surface area contributed by atoms with E-state index >= 15 is 0 Å². The Balaban J connectivity index is 1.85. The van der Waals surface area contributed by atoms with Crippen LogP contribution in [0.25, 0.3) is 0 Å². The number of benzene rings is 2. The van der Waals surface area contributed by atoms with Gasteiger partial charge in [0.05, 0.1) is 6.61 Å². The summed E-state index contributed by atoms with van der Waals surface area (Å²) in [7, 11) is 1.62. The summed E-state index contributed by atoms with van der Waals surface area (Å²) in [5, 5.41) is 2.87. The van der Waals surface area contributed by atoms with Crippen LogP contribution in [0.5, 0.6) is 5.75 Å². The van der Waals surface area contributed by atoms with Gasteiger partial charge in [-0.25, -0.2) is 0 Å². The normalized spacial score (nSPS) is 10.3. The molecule has 1 amide bonds. The van der Waals surface area contributed by atoms with E-state index in [4.69, 9.17) is 15.2 Å². The fourth-order valence-electron chi connectivity index (χ4n) is 2.14. The first-order valence-electron chi connectivity index (χ1n) is 7.54.